The van der Waals surface area contributed by atoms with Crippen molar-refractivity contribution in [3.05, 3.63) is 42.5 Å². The van der Waals surface area contributed by atoms with E-state index < -0.39 is 0 Å². The van der Waals surface area contributed by atoms with Crippen LogP contribution in [-0.2, 0) is 11.3 Å². The molecule has 0 N–H and O–H groups in total. The third-order valence-corrected chi connectivity index (χ3v) is 5.55. The summed E-state index contributed by atoms with van der Waals surface area (Å²) in [5.41, 5.74) is 1.24. The van der Waals surface area contributed by atoms with E-state index >= 15 is 0 Å². The van der Waals surface area contributed by atoms with Crippen LogP contribution in [0.4, 0.5) is 0 Å². The van der Waals surface area contributed by atoms with Crippen LogP contribution in [0, 0.1) is 5.92 Å². The summed E-state index contributed by atoms with van der Waals surface area (Å²) >= 11 is 0. The van der Waals surface area contributed by atoms with Gasteiger partial charge in [0.25, 0.3) is 0 Å². The average Bonchev–Trinajstić information content (AvgIpc) is 3.21. The summed E-state index contributed by atoms with van der Waals surface area (Å²) in [6.45, 7) is 9.34. The minimum Gasteiger partial charge on any atom is -0.489 e. The van der Waals surface area contributed by atoms with Gasteiger partial charge in [-0.25, -0.2) is 0 Å². The number of hydrogen-bond acceptors (Lipinski definition) is 3. The van der Waals surface area contributed by atoms with E-state index in [1.807, 2.05) is 17.0 Å². The Morgan fingerprint density at radius 1 is 1.19 bits per heavy atom. The SMILES string of the molecule is C=CCOc1ccccc1CN1CCC[C@@H](CCC(=O)N2CCCC2)C1. The summed E-state index contributed by atoms with van der Waals surface area (Å²) in [6, 6.07) is 8.28. The molecule has 0 spiro atoms. The molecule has 2 saturated heterocycles. The highest BCUT2D eigenvalue weighted by Gasteiger charge is 2.23. The number of hydrogen-bond donors (Lipinski definition) is 0. The van der Waals surface area contributed by atoms with Crippen LogP contribution in [0.15, 0.2) is 36.9 Å². The van der Waals surface area contributed by atoms with Crippen LogP contribution >= 0.6 is 0 Å². The number of rotatable bonds is 8. The molecule has 4 nitrogen and oxygen atoms in total. The molecular weight excluding hydrogens is 324 g/mol. The number of benzene rings is 1. The van der Waals surface area contributed by atoms with E-state index in [9.17, 15) is 4.79 Å². The Hall–Kier alpha value is -1.81. The Morgan fingerprint density at radius 2 is 2.00 bits per heavy atom. The lowest BCUT2D eigenvalue weighted by molar-refractivity contribution is -0.130. The van der Waals surface area contributed by atoms with Crippen molar-refractivity contribution in [1.82, 2.24) is 9.80 Å². The molecule has 2 aliphatic rings. The van der Waals surface area contributed by atoms with Crippen LogP contribution in [-0.4, -0.2) is 48.5 Å². The molecule has 0 unspecified atom stereocenters. The summed E-state index contributed by atoms with van der Waals surface area (Å²) in [6.07, 6.45) is 8.35. The van der Waals surface area contributed by atoms with E-state index in [4.69, 9.17) is 4.74 Å². The van der Waals surface area contributed by atoms with Crippen LogP contribution in [0.3, 0.4) is 0 Å². The van der Waals surface area contributed by atoms with Crippen LogP contribution in [0.2, 0.25) is 0 Å². The Bertz CT molecular complexity index is 596. The normalized spacial score (nSPS) is 20.9. The number of piperidine rings is 1. The van der Waals surface area contributed by atoms with Crippen LogP contribution in [0.25, 0.3) is 0 Å². The average molecular weight is 357 g/mol. The maximum Gasteiger partial charge on any atom is 0.222 e. The van der Waals surface area contributed by atoms with E-state index in [2.05, 4.69) is 23.6 Å². The van der Waals surface area contributed by atoms with Crippen molar-refractivity contribution >= 4 is 5.91 Å². The van der Waals surface area contributed by atoms with Gasteiger partial charge in [-0.3, -0.25) is 9.69 Å². The fourth-order valence-electron chi connectivity index (χ4n) is 4.15. The molecule has 0 saturated carbocycles. The molecule has 142 valence electrons. The molecule has 1 amide bonds. The summed E-state index contributed by atoms with van der Waals surface area (Å²) < 4.78 is 5.80. The molecule has 0 radical (unpaired) electrons. The minimum absolute atomic E-state index is 0.364. The molecular formula is C22H32N2O2. The van der Waals surface area contributed by atoms with Gasteiger partial charge in [-0.2, -0.15) is 0 Å². The van der Waals surface area contributed by atoms with Crippen molar-refractivity contribution in [1.29, 1.82) is 0 Å². The predicted octanol–water partition coefficient (Wildman–Crippen LogP) is 3.87. The minimum atomic E-state index is 0.364. The summed E-state index contributed by atoms with van der Waals surface area (Å²) in [5, 5.41) is 0. The highest BCUT2D eigenvalue weighted by atomic mass is 16.5. The quantitative estimate of drug-likeness (QED) is 0.663. The van der Waals surface area contributed by atoms with Crippen molar-refractivity contribution < 1.29 is 9.53 Å². The molecule has 1 aromatic carbocycles. The first-order valence-corrected chi connectivity index (χ1v) is 10.1. The first kappa shape index (κ1) is 19.0. The van der Waals surface area contributed by atoms with Gasteiger partial charge >= 0.3 is 0 Å². The standard InChI is InChI=1S/C22H32N2O2/c1-2-16-26-21-10-4-3-9-20(21)18-23-13-7-8-19(17-23)11-12-22(25)24-14-5-6-15-24/h2-4,9-10,19H,1,5-8,11-18H2/t19-/m0/s1. The zero-order chi connectivity index (χ0) is 18.2. The summed E-state index contributed by atoms with van der Waals surface area (Å²) in [4.78, 5) is 16.9. The largest absolute Gasteiger partial charge is 0.489 e. The van der Waals surface area contributed by atoms with Gasteiger partial charge in [0, 0.05) is 38.2 Å². The number of ether oxygens (including phenoxy) is 1. The van der Waals surface area contributed by atoms with Crippen molar-refractivity contribution in [3.63, 3.8) is 0 Å². The number of carbonyl (C=O) groups excluding carboxylic acids is 1. The van der Waals surface area contributed by atoms with Crippen molar-refractivity contribution in [2.24, 2.45) is 5.92 Å². The number of carbonyl (C=O) groups is 1. The van der Waals surface area contributed by atoms with Crippen LogP contribution in [0.5, 0.6) is 5.75 Å². The van der Waals surface area contributed by atoms with Gasteiger partial charge < -0.3 is 9.64 Å². The maximum absolute atomic E-state index is 12.3. The summed E-state index contributed by atoms with van der Waals surface area (Å²) in [5.74, 6) is 1.96. The van der Waals surface area contributed by atoms with Crippen molar-refractivity contribution in [3.8, 4) is 5.75 Å². The van der Waals surface area contributed by atoms with Gasteiger partial charge in [-0.05, 0) is 50.6 Å². The zero-order valence-corrected chi connectivity index (χ0v) is 15.9. The van der Waals surface area contributed by atoms with E-state index in [1.165, 1.54) is 31.2 Å². The summed E-state index contributed by atoms with van der Waals surface area (Å²) in [7, 11) is 0. The first-order chi connectivity index (χ1) is 12.8. The monoisotopic (exact) mass is 356 g/mol. The lowest BCUT2D eigenvalue weighted by Gasteiger charge is -2.33. The molecule has 2 aliphatic heterocycles. The van der Waals surface area contributed by atoms with Crippen LogP contribution in [0.1, 0.15) is 44.1 Å². The maximum atomic E-state index is 12.3. The van der Waals surface area contributed by atoms with Crippen LogP contribution < -0.4 is 4.74 Å². The molecule has 26 heavy (non-hydrogen) atoms. The van der Waals surface area contributed by atoms with Gasteiger partial charge in [-0.15, -0.1) is 0 Å². The zero-order valence-electron chi connectivity index (χ0n) is 15.9. The van der Waals surface area contributed by atoms with Gasteiger partial charge in [0.05, 0.1) is 0 Å². The molecule has 0 aromatic heterocycles. The molecule has 0 aliphatic carbocycles. The second-order valence-electron chi connectivity index (χ2n) is 7.58. The van der Waals surface area contributed by atoms with E-state index in [-0.39, 0.29) is 0 Å². The highest BCUT2D eigenvalue weighted by Crippen LogP contribution is 2.26. The third kappa shape index (κ3) is 5.34. The van der Waals surface area contributed by atoms with E-state index in [0.29, 0.717) is 18.4 Å². The molecule has 3 rings (SSSR count). The second-order valence-corrected chi connectivity index (χ2v) is 7.58. The fraction of sp³-hybridized carbons (Fsp3) is 0.591. The molecule has 1 aromatic rings. The molecule has 4 heteroatoms. The number of likely N-dealkylation sites (tertiary alicyclic amines) is 2. The van der Waals surface area contributed by atoms with Crippen molar-refractivity contribution in [2.45, 2.75) is 45.1 Å². The van der Waals surface area contributed by atoms with E-state index in [0.717, 1.165) is 51.3 Å². The number of amides is 1. The Morgan fingerprint density at radius 3 is 2.81 bits per heavy atom. The Labute approximate surface area is 157 Å². The third-order valence-electron chi connectivity index (χ3n) is 5.55. The molecule has 2 heterocycles. The molecule has 0 bridgehead atoms. The topological polar surface area (TPSA) is 32.8 Å². The molecule has 2 fully saturated rings. The van der Waals surface area contributed by atoms with Gasteiger partial charge in [0.1, 0.15) is 12.4 Å². The Balaban J connectivity index is 1.49. The van der Waals surface area contributed by atoms with E-state index in [1.54, 1.807) is 6.08 Å². The second kappa shape index (κ2) is 9.77. The van der Waals surface area contributed by atoms with Crippen molar-refractivity contribution in [2.75, 3.05) is 32.8 Å². The highest BCUT2D eigenvalue weighted by molar-refractivity contribution is 5.76. The lowest BCUT2D eigenvalue weighted by atomic mass is 9.93. The number of nitrogens with zero attached hydrogens (tertiary/aromatic N) is 2. The number of para-hydroxylation sites is 1. The smallest absolute Gasteiger partial charge is 0.222 e. The first-order valence-electron chi connectivity index (χ1n) is 10.1. The Kier molecular flexibility index (Phi) is 7.13. The van der Waals surface area contributed by atoms with Gasteiger partial charge in [0.15, 0.2) is 0 Å². The lowest BCUT2D eigenvalue weighted by Crippen LogP contribution is -2.36. The fourth-order valence-corrected chi connectivity index (χ4v) is 4.15. The van der Waals surface area contributed by atoms with Gasteiger partial charge in [0.2, 0.25) is 5.91 Å². The molecule has 1 atom stereocenters. The predicted molar refractivity (Wildman–Crippen MR) is 105 cm³/mol. The van der Waals surface area contributed by atoms with Gasteiger partial charge in [-0.1, -0.05) is 30.9 Å².